The molecule has 0 unspecified atom stereocenters. The van der Waals surface area contributed by atoms with Crippen molar-refractivity contribution in [3.05, 3.63) is 71.3 Å². The Morgan fingerprint density at radius 2 is 1.68 bits per heavy atom. The predicted molar refractivity (Wildman–Crippen MR) is 72.6 cm³/mol. The zero-order valence-corrected chi connectivity index (χ0v) is 10.1. The number of carbonyl (C=O) groups is 1. The Labute approximate surface area is 111 Å². The van der Waals surface area contributed by atoms with E-state index >= 15 is 0 Å². The maximum Gasteiger partial charge on any atom is 0.185 e. The molecule has 0 bridgehead atoms. The number of rotatable bonds is 3. The van der Waals surface area contributed by atoms with Gasteiger partial charge < -0.3 is 5.11 Å². The number of nitrogens with zero attached hydrogens (tertiary/aromatic N) is 1. The van der Waals surface area contributed by atoms with Crippen molar-refractivity contribution in [3.63, 3.8) is 0 Å². The van der Waals surface area contributed by atoms with Crippen molar-refractivity contribution >= 4 is 11.9 Å². The highest BCUT2D eigenvalue weighted by Gasteiger charge is 2.01. The van der Waals surface area contributed by atoms with E-state index in [1.807, 2.05) is 6.07 Å². The molecule has 0 saturated heterocycles. The Hall–Kier alpha value is -2.86. The number of ketones is 1. The van der Waals surface area contributed by atoms with Gasteiger partial charge in [-0.1, -0.05) is 18.2 Å². The van der Waals surface area contributed by atoms with Crippen molar-refractivity contribution in [1.29, 1.82) is 5.26 Å². The van der Waals surface area contributed by atoms with Gasteiger partial charge in [-0.2, -0.15) is 5.26 Å². The third-order valence-corrected chi connectivity index (χ3v) is 2.62. The maximum atomic E-state index is 11.8. The minimum Gasteiger partial charge on any atom is -0.508 e. The zero-order chi connectivity index (χ0) is 13.7. The lowest BCUT2D eigenvalue weighted by Crippen LogP contribution is -1.92. The SMILES string of the molecule is N#Cc1ccc(C=CC(=O)c2ccc(O)cc2)cc1. The van der Waals surface area contributed by atoms with E-state index in [1.54, 1.807) is 42.5 Å². The molecular weight excluding hydrogens is 238 g/mol. The normalized spacial score (nSPS) is 10.3. The van der Waals surface area contributed by atoms with Crippen molar-refractivity contribution in [1.82, 2.24) is 0 Å². The molecule has 0 heterocycles. The summed E-state index contributed by atoms with van der Waals surface area (Å²) in [7, 11) is 0. The van der Waals surface area contributed by atoms with Crippen LogP contribution in [0.25, 0.3) is 6.08 Å². The molecule has 0 saturated carbocycles. The first kappa shape index (κ1) is 12.6. The Bertz CT molecular complexity index is 647. The van der Waals surface area contributed by atoms with Crippen LogP contribution in [0.4, 0.5) is 0 Å². The van der Waals surface area contributed by atoms with Gasteiger partial charge in [0.25, 0.3) is 0 Å². The van der Waals surface area contributed by atoms with Crippen LogP contribution >= 0.6 is 0 Å². The number of hydrogen-bond donors (Lipinski definition) is 1. The highest BCUT2D eigenvalue weighted by molar-refractivity contribution is 6.06. The molecule has 2 aromatic carbocycles. The molecule has 0 atom stereocenters. The quantitative estimate of drug-likeness (QED) is 0.671. The molecular formula is C16H11NO2. The van der Waals surface area contributed by atoms with Gasteiger partial charge >= 0.3 is 0 Å². The van der Waals surface area contributed by atoms with Crippen LogP contribution in [0.5, 0.6) is 5.75 Å². The first-order chi connectivity index (χ1) is 9.19. The van der Waals surface area contributed by atoms with E-state index in [4.69, 9.17) is 10.4 Å². The molecule has 0 aliphatic carbocycles. The number of allylic oxidation sites excluding steroid dienone is 1. The number of phenols is 1. The largest absolute Gasteiger partial charge is 0.508 e. The average molecular weight is 249 g/mol. The number of aromatic hydroxyl groups is 1. The van der Waals surface area contributed by atoms with E-state index in [0.717, 1.165) is 5.56 Å². The third-order valence-electron chi connectivity index (χ3n) is 2.62. The van der Waals surface area contributed by atoms with Gasteiger partial charge in [-0.15, -0.1) is 0 Å². The first-order valence-electron chi connectivity index (χ1n) is 5.70. The van der Waals surface area contributed by atoms with Crippen LogP contribution in [0, 0.1) is 11.3 Å². The van der Waals surface area contributed by atoms with E-state index in [0.29, 0.717) is 11.1 Å². The first-order valence-corrected chi connectivity index (χ1v) is 5.70. The summed E-state index contributed by atoms with van der Waals surface area (Å²) >= 11 is 0. The van der Waals surface area contributed by atoms with Gasteiger partial charge in [0, 0.05) is 5.56 Å². The Balaban J connectivity index is 2.11. The fourth-order valence-corrected chi connectivity index (χ4v) is 1.56. The summed E-state index contributed by atoms with van der Waals surface area (Å²) in [4.78, 5) is 11.8. The van der Waals surface area contributed by atoms with E-state index < -0.39 is 0 Å². The minimum absolute atomic E-state index is 0.132. The summed E-state index contributed by atoms with van der Waals surface area (Å²) in [6.07, 6.45) is 3.16. The summed E-state index contributed by atoms with van der Waals surface area (Å²) < 4.78 is 0. The molecule has 0 aromatic heterocycles. The summed E-state index contributed by atoms with van der Waals surface area (Å²) in [5.41, 5.74) is 1.95. The lowest BCUT2D eigenvalue weighted by molar-refractivity contribution is 0.104. The van der Waals surface area contributed by atoms with Gasteiger partial charge in [-0.3, -0.25) is 4.79 Å². The van der Waals surface area contributed by atoms with Crippen molar-refractivity contribution < 1.29 is 9.90 Å². The second-order valence-electron chi connectivity index (χ2n) is 3.98. The molecule has 3 heteroatoms. The number of nitriles is 1. The number of carbonyl (C=O) groups excluding carboxylic acids is 1. The van der Waals surface area contributed by atoms with E-state index in [9.17, 15) is 4.79 Å². The lowest BCUT2D eigenvalue weighted by Gasteiger charge is -1.96. The van der Waals surface area contributed by atoms with E-state index in [-0.39, 0.29) is 11.5 Å². The molecule has 0 radical (unpaired) electrons. The van der Waals surface area contributed by atoms with Gasteiger partial charge in [0.1, 0.15) is 5.75 Å². The standard InChI is InChI=1S/C16H11NO2/c17-11-13-3-1-12(2-4-13)5-10-16(19)14-6-8-15(18)9-7-14/h1-10,18H. The second kappa shape index (κ2) is 5.65. The predicted octanol–water partition coefficient (Wildman–Crippen LogP) is 3.16. The topological polar surface area (TPSA) is 61.1 Å². The summed E-state index contributed by atoms with van der Waals surface area (Å²) in [6.45, 7) is 0. The molecule has 0 fully saturated rings. The van der Waals surface area contributed by atoms with Crippen LogP contribution in [0.3, 0.4) is 0 Å². The molecule has 92 valence electrons. The summed E-state index contributed by atoms with van der Waals surface area (Å²) in [6, 6.07) is 15.1. The molecule has 2 aromatic rings. The second-order valence-corrected chi connectivity index (χ2v) is 3.98. The van der Waals surface area contributed by atoms with E-state index in [1.165, 1.54) is 18.2 Å². The van der Waals surface area contributed by atoms with Crippen LogP contribution in [-0.4, -0.2) is 10.9 Å². The van der Waals surface area contributed by atoms with Crippen LogP contribution in [-0.2, 0) is 0 Å². The summed E-state index contributed by atoms with van der Waals surface area (Å²) in [5, 5.41) is 17.8. The lowest BCUT2D eigenvalue weighted by atomic mass is 10.1. The van der Waals surface area contributed by atoms with Gasteiger partial charge in [0.2, 0.25) is 0 Å². The minimum atomic E-state index is -0.135. The molecule has 19 heavy (non-hydrogen) atoms. The van der Waals surface area contributed by atoms with Gasteiger partial charge in [0.15, 0.2) is 5.78 Å². The van der Waals surface area contributed by atoms with Crippen molar-refractivity contribution in [2.45, 2.75) is 0 Å². The fraction of sp³-hybridized carbons (Fsp3) is 0. The smallest absolute Gasteiger partial charge is 0.185 e. The highest BCUT2D eigenvalue weighted by Crippen LogP contribution is 2.11. The van der Waals surface area contributed by atoms with Crippen LogP contribution in [0.15, 0.2) is 54.6 Å². The molecule has 2 rings (SSSR count). The molecule has 0 aliphatic heterocycles. The number of benzene rings is 2. The Kier molecular flexibility index (Phi) is 3.75. The van der Waals surface area contributed by atoms with Crippen LogP contribution in [0.2, 0.25) is 0 Å². The fourth-order valence-electron chi connectivity index (χ4n) is 1.56. The van der Waals surface area contributed by atoms with Crippen LogP contribution in [0.1, 0.15) is 21.5 Å². The maximum absolute atomic E-state index is 11.8. The van der Waals surface area contributed by atoms with Gasteiger partial charge in [0.05, 0.1) is 11.6 Å². The molecule has 0 amide bonds. The zero-order valence-electron chi connectivity index (χ0n) is 10.1. The monoisotopic (exact) mass is 249 g/mol. The van der Waals surface area contributed by atoms with Gasteiger partial charge in [-0.25, -0.2) is 0 Å². The average Bonchev–Trinajstić information content (AvgIpc) is 2.46. The van der Waals surface area contributed by atoms with Crippen molar-refractivity contribution in [3.8, 4) is 11.8 Å². The molecule has 0 aliphatic rings. The molecule has 0 spiro atoms. The highest BCUT2D eigenvalue weighted by atomic mass is 16.3. The number of phenolic OH excluding ortho intramolecular Hbond substituents is 1. The van der Waals surface area contributed by atoms with Crippen LogP contribution < -0.4 is 0 Å². The Morgan fingerprint density at radius 3 is 2.26 bits per heavy atom. The van der Waals surface area contributed by atoms with E-state index in [2.05, 4.69) is 0 Å². The Morgan fingerprint density at radius 1 is 1.05 bits per heavy atom. The molecule has 1 N–H and O–H groups in total. The third kappa shape index (κ3) is 3.30. The van der Waals surface area contributed by atoms with Gasteiger partial charge in [-0.05, 0) is 48.0 Å². The van der Waals surface area contributed by atoms with Crippen molar-refractivity contribution in [2.24, 2.45) is 0 Å². The number of hydrogen-bond acceptors (Lipinski definition) is 3. The molecule has 3 nitrogen and oxygen atoms in total. The summed E-state index contributed by atoms with van der Waals surface area (Å²) in [5.74, 6) is -0.00279. The van der Waals surface area contributed by atoms with Crippen molar-refractivity contribution in [2.75, 3.05) is 0 Å².